The smallest absolute Gasteiger partial charge is 0.200 e. The number of hydrogen-bond acceptors (Lipinski definition) is 6. The monoisotopic (exact) mass is 484 g/mol. The Kier molecular flexibility index (Phi) is 4.23. The largest absolute Gasteiger partial charge is 0.330 e. The van der Waals surface area contributed by atoms with Crippen molar-refractivity contribution in [2.45, 2.75) is 32.2 Å². The number of rotatable bonds is 4. The van der Waals surface area contributed by atoms with E-state index in [0.717, 1.165) is 11.1 Å². The molecule has 5 aliphatic heterocycles. The third-order valence-electron chi connectivity index (χ3n) is 6.55. The Balaban J connectivity index is 1.15. The molecule has 1 saturated heterocycles. The number of allylic oxidation sites excluding steroid dienone is 11. The Labute approximate surface area is 203 Å². The molecule has 5 aliphatic rings. The second-order valence-corrected chi connectivity index (χ2v) is 11.5. The van der Waals surface area contributed by atoms with Crippen LogP contribution in [-0.2, 0) is 0 Å². The van der Waals surface area contributed by atoms with Crippen LogP contribution in [0.3, 0.4) is 0 Å². The summed E-state index contributed by atoms with van der Waals surface area (Å²) in [4.78, 5) is 35.6. The van der Waals surface area contributed by atoms with Crippen LogP contribution in [0.25, 0.3) is 12.2 Å². The fourth-order valence-corrected chi connectivity index (χ4v) is 6.75. The van der Waals surface area contributed by atoms with E-state index in [1.54, 1.807) is 35.7 Å². The number of thioether (sulfide) groups is 2. The molecular formula is C26H20N4O2S2. The lowest BCUT2D eigenvalue weighted by Gasteiger charge is -2.14. The van der Waals surface area contributed by atoms with E-state index in [-0.39, 0.29) is 21.3 Å². The van der Waals surface area contributed by atoms with Gasteiger partial charge in [0.1, 0.15) is 12.2 Å². The summed E-state index contributed by atoms with van der Waals surface area (Å²) < 4.78 is 4.33. The highest BCUT2D eigenvalue weighted by molar-refractivity contribution is 8.07. The lowest BCUT2D eigenvalue weighted by Crippen LogP contribution is -2.64. The fourth-order valence-electron chi connectivity index (χ4n) is 4.61. The van der Waals surface area contributed by atoms with E-state index >= 15 is 0 Å². The van der Waals surface area contributed by atoms with Crippen molar-refractivity contribution in [2.75, 3.05) is 0 Å². The Morgan fingerprint density at radius 3 is 1.97 bits per heavy atom. The SMILES string of the molecule is CC1=CC(=CC=c2c(=O)c(=CC=C3C=C(C)SC(N4C5C=NC54)=C3)c2=O)C=C(C2n3ccn32)S1. The van der Waals surface area contributed by atoms with Crippen molar-refractivity contribution in [1.82, 2.24) is 14.3 Å². The van der Waals surface area contributed by atoms with Crippen LogP contribution in [0.15, 0.2) is 94.3 Å². The fraction of sp³-hybridized carbons (Fsp3) is 0.192. The van der Waals surface area contributed by atoms with Gasteiger partial charge in [-0.05, 0) is 71.3 Å². The number of aliphatic imine (C=N–C) groups is 1. The molecule has 2 aromatic rings. The summed E-state index contributed by atoms with van der Waals surface area (Å²) in [5.74, 6) is 0. The predicted molar refractivity (Wildman–Crippen MR) is 139 cm³/mol. The van der Waals surface area contributed by atoms with E-state index in [4.69, 9.17) is 0 Å². The van der Waals surface area contributed by atoms with Gasteiger partial charge < -0.3 is 4.90 Å². The maximum absolute atomic E-state index is 12.7. The van der Waals surface area contributed by atoms with Crippen molar-refractivity contribution in [3.8, 4) is 0 Å². The van der Waals surface area contributed by atoms with Crippen molar-refractivity contribution in [3.05, 3.63) is 111 Å². The van der Waals surface area contributed by atoms with Gasteiger partial charge in [0.25, 0.3) is 0 Å². The maximum Gasteiger partial charge on any atom is 0.200 e. The van der Waals surface area contributed by atoms with Crippen molar-refractivity contribution >= 4 is 41.9 Å². The molecule has 168 valence electrons. The van der Waals surface area contributed by atoms with Crippen LogP contribution in [0.2, 0.25) is 0 Å². The van der Waals surface area contributed by atoms with Gasteiger partial charge >= 0.3 is 0 Å². The first-order valence-electron chi connectivity index (χ1n) is 11.1. The van der Waals surface area contributed by atoms with Crippen LogP contribution in [0.5, 0.6) is 0 Å². The van der Waals surface area contributed by atoms with E-state index in [1.165, 1.54) is 19.7 Å². The van der Waals surface area contributed by atoms with Gasteiger partial charge in [0.05, 0.1) is 15.5 Å². The zero-order valence-corrected chi connectivity index (χ0v) is 20.1. The van der Waals surface area contributed by atoms with E-state index in [9.17, 15) is 9.59 Å². The van der Waals surface area contributed by atoms with Gasteiger partial charge in [-0.2, -0.15) is 0 Å². The van der Waals surface area contributed by atoms with Crippen molar-refractivity contribution in [2.24, 2.45) is 4.99 Å². The number of fused-ring (bicyclic) bond motifs is 2. The highest BCUT2D eigenvalue weighted by Gasteiger charge is 2.53. The molecular weight excluding hydrogens is 464 g/mol. The minimum absolute atomic E-state index is 0.192. The zero-order valence-electron chi connectivity index (χ0n) is 18.5. The summed E-state index contributed by atoms with van der Waals surface area (Å²) in [5.41, 5.74) is 1.60. The number of hydrogen-bond donors (Lipinski definition) is 0. The molecule has 34 heavy (non-hydrogen) atoms. The highest BCUT2D eigenvalue weighted by Crippen LogP contribution is 2.47. The number of aromatic nitrogens is 2. The summed E-state index contributed by atoms with van der Waals surface area (Å²) in [6.45, 7) is 4.14. The third kappa shape index (κ3) is 3.09. The molecule has 0 amide bonds. The summed E-state index contributed by atoms with van der Waals surface area (Å²) in [7, 11) is 0. The average Bonchev–Trinajstić information content (AvgIpc) is 3.53. The van der Waals surface area contributed by atoms with E-state index in [0.29, 0.717) is 18.4 Å². The van der Waals surface area contributed by atoms with Gasteiger partial charge in [-0.1, -0.05) is 35.7 Å². The first kappa shape index (κ1) is 20.2. The molecule has 0 radical (unpaired) electrons. The molecule has 0 spiro atoms. The number of nitrogens with zero attached hydrogens (tertiary/aromatic N) is 4. The molecule has 8 heteroatoms. The molecule has 1 aromatic carbocycles. The lowest BCUT2D eigenvalue weighted by atomic mass is 10.1. The molecule has 0 aliphatic carbocycles. The van der Waals surface area contributed by atoms with Crippen LogP contribution >= 0.6 is 23.5 Å². The molecule has 2 unspecified atom stereocenters. The Hall–Kier alpha value is -3.23. The van der Waals surface area contributed by atoms with Crippen molar-refractivity contribution < 1.29 is 0 Å². The van der Waals surface area contributed by atoms with Gasteiger partial charge in [0.15, 0.2) is 6.17 Å². The molecule has 0 bridgehead atoms. The second kappa shape index (κ2) is 7.13. The average molecular weight is 485 g/mol. The van der Waals surface area contributed by atoms with E-state index in [2.05, 4.69) is 69.8 Å². The Morgan fingerprint density at radius 1 is 0.824 bits per heavy atom. The van der Waals surface area contributed by atoms with Gasteiger partial charge in [-0.25, -0.2) is 0 Å². The van der Waals surface area contributed by atoms with Gasteiger partial charge in [-0.15, -0.1) is 0 Å². The predicted octanol–water partition coefficient (Wildman–Crippen LogP) is 2.48. The summed E-state index contributed by atoms with van der Waals surface area (Å²) >= 11 is 3.49. The Bertz CT molecular complexity index is 1630. The standard InChI is InChI=1S/C26H20N4O2S2/c1-14-9-16(11-21(33-14)26-28-7-8-29(26)28)3-5-18-23(31)19(24(18)32)6-4-17-10-15(2)34-22(12-17)30-20-13-27-25(20)30/h3-13,20,25-26H,1-2H3. The molecule has 7 rings (SSSR count). The van der Waals surface area contributed by atoms with Crippen LogP contribution in [-0.4, -0.2) is 32.7 Å². The third-order valence-corrected chi connectivity index (χ3v) is 8.54. The molecule has 0 saturated carbocycles. The molecule has 6 nitrogen and oxygen atoms in total. The van der Waals surface area contributed by atoms with Gasteiger partial charge in [-0.3, -0.25) is 23.9 Å². The quantitative estimate of drug-likeness (QED) is 0.624. The van der Waals surface area contributed by atoms with Gasteiger partial charge in [0.2, 0.25) is 10.9 Å². The first-order chi connectivity index (χ1) is 16.5. The Morgan fingerprint density at radius 2 is 1.41 bits per heavy atom. The van der Waals surface area contributed by atoms with Gasteiger partial charge in [0, 0.05) is 23.5 Å². The van der Waals surface area contributed by atoms with E-state index in [1.807, 2.05) is 18.4 Å². The normalized spacial score (nSPS) is 27.1. The summed E-state index contributed by atoms with van der Waals surface area (Å²) in [6.07, 6.45) is 22.1. The lowest BCUT2D eigenvalue weighted by molar-refractivity contribution is 0.681. The maximum atomic E-state index is 12.7. The van der Waals surface area contributed by atoms with Crippen molar-refractivity contribution in [3.63, 3.8) is 0 Å². The van der Waals surface area contributed by atoms with Crippen LogP contribution in [0.4, 0.5) is 0 Å². The molecule has 1 aromatic heterocycles. The topological polar surface area (TPSA) is 59.4 Å². The summed E-state index contributed by atoms with van der Waals surface area (Å²) in [5, 5.41) is 1.66. The van der Waals surface area contributed by atoms with E-state index < -0.39 is 0 Å². The molecule has 6 heterocycles. The summed E-state index contributed by atoms with van der Waals surface area (Å²) in [6, 6.07) is 0.444. The van der Waals surface area contributed by atoms with Crippen LogP contribution in [0.1, 0.15) is 20.0 Å². The zero-order chi connectivity index (χ0) is 23.1. The minimum atomic E-state index is -0.192. The molecule has 1 fully saturated rings. The highest BCUT2D eigenvalue weighted by atomic mass is 32.2. The first-order valence-corrected chi connectivity index (χ1v) is 12.8. The van der Waals surface area contributed by atoms with Crippen molar-refractivity contribution in [1.29, 1.82) is 0 Å². The van der Waals surface area contributed by atoms with Crippen LogP contribution in [0, 0.1) is 0 Å². The van der Waals surface area contributed by atoms with Crippen LogP contribution < -0.4 is 21.3 Å². The second-order valence-electron chi connectivity index (χ2n) is 8.94. The molecule has 2 atom stereocenters. The minimum Gasteiger partial charge on any atom is -0.330 e. The molecule has 0 N–H and O–H groups in total.